The Morgan fingerprint density at radius 1 is 1.28 bits per heavy atom. The highest BCUT2D eigenvalue weighted by molar-refractivity contribution is 5.75. The average molecular weight is 253 g/mol. The number of urea groups is 1. The first kappa shape index (κ1) is 13.7. The lowest BCUT2D eigenvalue weighted by molar-refractivity contribution is 0.129. The fraction of sp³-hybridized carbons (Fsp3) is 0.929. The maximum absolute atomic E-state index is 12.5. The topological polar surface area (TPSA) is 35.6 Å². The SMILES string of the molecule is CCN(CC)C(=O)N1CCCC1C1CCCNC1. The van der Waals surface area contributed by atoms with Crippen molar-refractivity contribution in [2.75, 3.05) is 32.7 Å². The van der Waals surface area contributed by atoms with E-state index in [4.69, 9.17) is 0 Å². The summed E-state index contributed by atoms with van der Waals surface area (Å²) in [5.74, 6) is 0.667. The van der Waals surface area contributed by atoms with Crippen molar-refractivity contribution in [2.45, 2.75) is 45.6 Å². The summed E-state index contributed by atoms with van der Waals surface area (Å²) in [6.07, 6.45) is 4.90. The molecule has 0 aromatic carbocycles. The molecule has 2 amide bonds. The molecule has 2 atom stereocenters. The van der Waals surface area contributed by atoms with Crippen molar-refractivity contribution in [3.8, 4) is 0 Å². The molecule has 0 spiro atoms. The number of piperidine rings is 1. The van der Waals surface area contributed by atoms with Gasteiger partial charge in [-0.3, -0.25) is 0 Å². The van der Waals surface area contributed by atoms with Crippen LogP contribution in [0, 0.1) is 5.92 Å². The summed E-state index contributed by atoms with van der Waals surface area (Å²) in [5.41, 5.74) is 0. The van der Waals surface area contributed by atoms with E-state index in [-0.39, 0.29) is 6.03 Å². The van der Waals surface area contributed by atoms with E-state index in [1.165, 1.54) is 25.7 Å². The molecule has 0 radical (unpaired) electrons. The van der Waals surface area contributed by atoms with Crippen LogP contribution in [0.3, 0.4) is 0 Å². The number of nitrogens with one attached hydrogen (secondary N) is 1. The molecule has 4 heteroatoms. The summed E-state index contributed by atoms with van der Waals surface area (Å²) in [6, 6.07) is 0.735. The standard InChI is InChI=1S/C14H27N3O/c1-3-16(4-2)14(18)17-10-6-8-13(17)12-7-5-9-15-11-12/h12-13,15H,3-11H2,1-2H3. The van der Waals surface area contributed by atoms with Crippen LogP contribution >= 0.6 is 0 Å². The van der Waals surface area contributed by atoms with Crippen LogP contribution in [0.1, 0.15) is 39.5 Å². The summed E-state index contributed by atoms with van der Waals surface area (Å²) < 4.78 is 0. The smallest absolute Gasteiger partial charge is 0.320 e. The Bertz CT molecular complexity index is 272. The van der Waals surface area contributed by atoms with Gasteiger partial charge in [-0.05, 0) is 58.5 Å². The van der Waals surface area contributed by atoms with E-state index in [9.17, 15) is 4.79 Å². The second-order valence-electron chi connectivity index (χ2n) is 5.46. The van der Waals surface area contributed by atoms with Crippen molar-refractivity contribution in [2.24, 2.45) is 5.92 Å². The molecule has 0 saturated carbocycles. The van der Waals surface area contributed by atoms with Crippen LogP contribution in [0.15, 0.2) is 0 Å². The average Bonchev–Trinajstić information content (AvgIpc) is 2.90. The highest BCUT2D eigenvalue weighted by atomic mass is 16.2. The number of rotatable bonds is 3. The highest BCUT2D eigenvalue weighted by Crippen LogP contribution is 2.29. The molecule has 2 unspecified atom stereocenters. The van der Waals surface area contributed by atoms with E-state index in [1.54, 1.807) is 0 Å². The van der Waals surface area contributed by atoms with Gasteiger partial charge in [0.15, 0.2) is 0 Å². The number of carbonyl (C=O) groups is 1. The van der Waals surface area contributed by atoms with Gasteiger partial charge in [0.25, 0.3) is 0 Å². The fourth-order valence-electron chi connectivity index (χ4n) is 3.40. The van der Waals surface area contributed by atoms with Gasteiger partial charge in [0.05, 0.1) is 0 Å². The lowest BCUT2D eigenvalue weighted by atomic mass is 9.90. The normalized spacial score (nSPS) is 28.4. The Hall–Kier alpha value is -0.770. The minimum atomic E-state index is 0.257. The van der Waals surface area contributed by atoms with E-state index in [2.05, 4.69) is 24.1 Å². The second kappa shape index (κ2) is 6.41. The Morgan fingerprint density at radius 2 is 2.06 bits per heavy atom. The molecule has 2 aliphatic heterocycles. The van der Waals surface area contributed by atoms with E-state index in [0.717, 1.165) is 32.7 Å². The third-order valence-electron chi connectivity index (χ3n) is 4.46. The third-order valence-corrected chi connectivity index (χ3v) is 4.46. The van der Waals surface area contributed by atoms with Crippen LogP contribution in [0.5, 0.6) is 0 Å². The van der Waals surface area contributed by atoms with Gasteiger partial charge in [-0.1, -0.05) is 0 Å². The molecule has 0 aromatic heterocycles. The zero-order valence-electron chi connectivity index (χ0n) is 11.8. The van der Waals surface area contributed by atoms with Gasteiger partial charge >= 0.3 is 6.03 Å². The van der Waals surface area contributed by atoms with Crippen molar-refractivity contribution >= 4 is 6.03 Å². The molecule has 0 aliphatic carbocycles. The maximum atomic E-state index is 12.5. The number of hydrogen-bond donors (Lipinski definition) is 1. The van der Waals surface area contributed by atoms with Crippen molar-refractivity contribution < 1.29 is 4.79 Å². The lowest BCUT2D eigenvalue weighted by Gasteiger charge is -2.36. The highest BCUT2D eigenvalue weighted by Gasteiger charge is 2.36. The Morgan fingerprint density at radius 3 is 2.67 bits per heavy atom. The van der Waals surface area contributed by atoms with Crippen LogP contribution in [-0.4, -0.2) is 54.6 Å². The second-order valence-corrected chi connectivity index (χ2v) is 5.46. The first-order chi connectivity index (χ1) is 8.77. The van der Waals surface area contributed by atoms with Crippen LogP contribution in [0.2, 0.25) is 0 Å². The summed E-state index contributed by atoms with van der Waals surface area (Å²) in [6.45, 7) is 8.96. The molecule has 2 heterocycles. The van der Waals surface area contributed by atoms with Gasteiger partial charge in [0.2, 0.25) is 0 Å². The molecule has 0 bridgehead atoms. The Kier molecular flexibility index (Phi) is 4.87. The summed E-state index contributed by atoms with van der Waals surface area (Å²) in [7, 11) is 0. The Balaban J connectivity index is 1.99. The largest absolute Gasteiger partial charge is 0.325 e. The summed E-state index contributed by atoms with van der Waals surface area (Å²) >= 11 is 0. The van der Waals surface area contributed by atoms with Gasteiger partial charge in [0, 0.05) is 25.7 Å². The Labute approximate surface area is 111 Å². The number of likely N-dealkylation sites (tertiary alicyclic amines) is 1. The third kappa shape index (κ3) is 2.79. The van der Waals surface area contributed by atoms with E-state index in [0.29, 0.717) is 12.0 Å². The van der Waals surface area contributed by atoms with Crippen molar-refractivity contribution in [1.82, 2.24) is 15.1 Å². The first-order valence-corrected chi connectivity index (χ1v) is 7.54. The summed E-state index contributed by atoms with van der Waals surface area (Å²) in [5, 5.41) is 3.48. The molecule has 1 N–H and O–H groups in total. The zero-order valence-corrected chi connectivity index (χ0v) is 11.8. The van der Waals surface area contributed by atoms with Crippen molar-refractivity contribution in [3.05, 3.63) is 0 Å². The van der Waals surface area contributed by atoms with Crippen molar-refractivity contribution in [3.63, 3.8) is 0 Å². The number of amides is 2. The van der Waals surface area contributed by atoms with Crippen molar-refractivity contribution in [1.29, 1.82) is 0 Å². The molecule has 4 nitrogen and oxygen atoms in total. The minimum absolute atomic E-state index is 0.257. The van der Waals surface area contributed by atoms with Crippen LogP contribution in [0.4, 0.5) is 4.79 Å². The van der Waals surface area contributed by atoms with Crippen LogP contribution in [0.25, 0.3) is 0 Å². The molecule has 2 rings (SSSR count). The number of carbonyl (C=O) groups excluding carboxylic acids is 1. The molecule has 2 fully saturated rings. The number of nitrogens with zero attached hydrogens (tertiary/aromatic N) is 2. The van der Waals surface area contributed by atoms with Gasteiger partial charge in [-0.15, -0.1) is 0 Å². The minimum Gasteiger partial charge on any atom is -0.325 e. The quantitative estimate of drug-likeness (QED) is 0.834. The monoisotopic (exact) mass is 253 g/mol. The molecule has 0 aromatic rings. The van der Waals surface area contributed by atoms with Crippen LogP contribution in [-0.2, 0) is 0 Å². The van der Waals surface area contributed by atoms with Gasteiger partial charge in [-0.25, -0.2) is 4.79 Å². The van der Waals surface area contributed by atoms with E-state index in [1.807, 2.05) is 4.90 Å². The van der Waals surface area contributed by atoms with Gasteiger partial charge in [-0.2, -0.15) is 0 Å². The lowest BCUT2D eigenvalue weighted by Crippen LogP contribution is -2.50. The van der Waals surface area contributed by atoms with E-state index >= 15 is 0 Å². The molecule has 18 heavy (non-hydrogen) atoms. The molecular weight excluding hydrogens is 226 g/mol. The van der Waals surface area contributed by atoms with Crippen LogP contribution < -0.4 is 5.32 Å². The first-order valence-electron chi connectivity index (χ1n) is 7.54. The zero-order chi connectivity index (χ0) is 13.0. The van der Waals surface area contributed by atoms with Gasteiger partial charge in [0.1, 0.15) is 0 Å². The number of hydrogen-bond acceptors (Lipinski definition) is 2. The van der Waals surface area contributed by atoms with Gasteiger partial charge < -0.3 is 15.1 Å². The molecule has 2 saturated heterocycles. The predicted molar refractivity (Wildman–Crippen MR) is 73.6 cm³/mol. The molecule has 2 aliphatic rings. The predicted octanol–water partition coefficient (Wildman–Crippen LogP) is 1.91. The molecule has 104 valence electrons. The fourth-order valence-corrected chi connectivity index (χ4v) is 3.40. The van der Waals surface area contributed by atoms with E-state index < -0.39 is 0 Å². The maximum Gasteiger partial charge on any atom is 0.320 e. The molecular formula is C14H27N3O. The summed E-state index contributed by atoms with van der Waals surface area (Å²) in [4.78, 5) is 16.6.